The van der Waals surface area contributed by atoms with E-state index in [1.165, 1.54) is 4.90 Å². The van der Waals surface area contributed by atoms with Crippen LogP contribution in [-0.4, -0.2) is 36.2 Å². The number of hydrogen-bond donors (Lipinski definition) is 1. The number of rotatable bonds is 8. The summed E-state index contributed by atoms with van der Waals surface area (Å²) in [6, 6.07) is 1.98. The highest BCUT2D eigenvalue weighted by Crippen LogP contribution is 2.17. The van der Waals surface area contributed by atoms with Gasteiger partial charge in [-0.2, -0.15) is 18.4 Å². The van der Waals surface area contributed by atoms with Gasteiger partial charge in [0.05, 0.1) is 12.6 Å². The van der Waals surface area contributed by atoms with E-state index in [1.807, 2.05) is 13.0 Å². The molecule has 1 atom stereocenters. The average Bonchev–Trinajstić information content (AvgIpc) is 2.22. The van der Waals surface area contributed by atoms with Crippen molar-refractivity contribution in [2.24, 2.45) is 5.73 Å². The van der Waals surface area contributed by atoms with Gasteiger partial charge >= 0.3 is 6.18 Å². The first-order valence-corrected chi connectivity index (χ1v) is 6.19. The number of nitrogens with two attached hydrogens (primary N) is 1. The molecule has 0 aliphatic heterocycles. The number of nitrogens with zero attached hydrogens (tertiary/aromatic N) is 2. The molecule has 0 bridgehead atoms. The van der Waals surface area contributed by atoms with Crippen molar-refractivity contribution in [3.05, 3.63) is 0 Å². The van der Waals surface area contributed by atoms with Gasteiger partial charge in [0.2, 0.25) is 0 Å². The second-order valence-electron chi connectivity index (χ2n) is 4.88. The normalized spacial score (nSPS) is 15.4. The van der Waals surface area contributed by atoms with Crippen LogP contribution in [0.25, 0.3) is 0 Å². The van der Waals surface area contributed by atoms with E-state index in [4.69, 9.17) is 11.0 Å². The maximum Gasteiger partial charge on any atom is 0.401 e. The Bertz CT molecular complexity index is 269. The van der Waals surface area contributed by atoms with Crippen LogP contribution in [0.4, 0.5) is 13.2 Å². The molecule has 3 nitrogen and oxygen atoms in total. The van der Waals surface area contributed by atoms with Crippen LogP contribution in [0, 0.1) is 11.3 Å². The molecule has 18 heavy (non-hydrogen) atoms. The zero-order valence-electron chi connectivity index (χ0n) is 11.1. The molecule has 1 unspecified atom stereocenters. The zero-order chi connectivity index (χ0) is 14.2. The molecule has 0 aromatic rings. The lowest BCUT2D eigenvalue weighted by atomic mass is 9.98. The average molecular weight is 265 g/mol. The van der Waals surface area contributed by atoms with Crippen LogP contribution >= 0.6 is 0 Å². The fraction of sp³-hybridized carbons (Fsp3) is 0.917. The summed E-state index contributed by atoms with van der Waals surface area (Å²) in [5.41, 5.74) is 4.76. The van der Waals surface area contributed by atoms with E-state index < -0.39 is 18.3 Å². The number of halogens is 3. The predicted octanol–water partition coefficient (Wildman–Crippen LogP) is 2.67. The van der Waals surface area contributed by atoms with Crippen molar-refractivity contribution in [1.82, 2.24) is 4.90 Å². The highest BCUT2D eigenvalue weighted by Gasteiger charge is 2.30. The molecule has 0 aliphatic rings. The summed E-state index contributed by atoms with van der Waals surface area (Å²) in [4.78, 5) is 1.40. The zero-order valence-corrected chi connectivity index (χ0v) is 11.1. The van der Waals surface area contributed by atoms with Gasteiger partial charge in [-0.05, 0) is 45.7 Å². The fourth-order valence-corrected chi connectivity index (χ4v) is 1.72. The Balaban J connectivity index is 3.95. The number of alkyl halides is 3. The van der Waals surface area contributed by atoms with Gasteiger partial charge in [-0.15, -0.1) is 0 Å². The van der Waals surface area contributed by atoms with Gasteiger partial charge in [0.15, 0.2) is 0 Å². The van der Waals surface area contributed by atoms with Crippen LogP contribution in [0.1, 0.15) is 39.5 Å². The molecule has 0 radical (unpaired) electrons. The van der Waals surface area contributed by atoms with Crippen molar-refractivity contribution < 1.29 is 13.2 Å². The predicted molar refractivity (Wildman–Crippen MR) is 64.8 cm³/mol. The Labute approximate surface area is 107 Å². The quantitative estimate of drug-likeness (QED) is 0.686. The second-order valence-corrected chi connectivity index (χ2v) is 4.88. The van der Waals surface area contributed by atoms with Crippen molar-refractivity contribution in [3.8, 4) is 6.07 Å². The van der Waals surface area contributed by atoms with Gasteiger partial charge in [0, 0.05) is 0 Å². The monoisotopic (exact) mass is 265 g/mol. The largest absolute Gasteiger partial charge is 0.401 e. The summed E-state index contributed by atoms with van der Waals surface area (Å²) in [6.07, 6.45) is -1.65. The lowest BCUT2D eigenvalue weighted by Crippen LogP contribution is -2.36. The van der Waals surface area contributed by atoms with E-state index >= 15 is 0 Å². The van der Waals surface area contributed by atoms with Gasteiger partial charge in [-0.3, -0.25) is 4.90 Å². The number of nitriles is 1. The Hall–Kier alpha value is -0.800. The second kappa shape index (κ2) is 7.59. The number of unbranched alkanes of at least 4 members (excludes halogenated alkanes) is 1. The summed E-state index contributed by atoms with van der Waals surface area (Å²) >= 11 is 0. The van der Waals surface area contributed by atoms with Gasteiger partial charge in [-0.25, -0.2) is 0 Å². The Kier molecular flexibility index (Phi) is 7.26. The Morgan fingerprint density at radius 2 is 1.83 bits per heavy atom. The van der Waals surface area contributed by atoms with Crippen LogP contribution < -0.4 is 5.73 Å². The van der Waals surface area contributed by atoms with Crippen LogP contribution in [-0.2, 0) is 0 Å². The van der Waals surface area contributed by atoms with Gasteiger partial charge < -0.3 is 5.73 Å². The van der Waals surface area contributed by atoms with E-state index in [0.717, 1.165) is 0 Å². The molecule has 0 amide bonds. The third kappa shape index (κ3) is 9.25. The molecule has 0 aromatic carbocycles. The first kappa shape index (κ1) is 17.2. The van der Waals surface area contributed by atoms with E-state index in [-0.39, 0.29) is 0 Å². The smallest absolute Gasteiger partial charge is 0.314 e. The van der Waals surface area contributed by atoms with Crippen LogP contribution in [0.15, 0.2) is 0 Å². The molecule has 2 N–H and O–H groups in total. The van der Waals surface area contributed by atoms with Crippen molar-refractivity contribution in [3.63, 3.8) is 0 Å². The summed E-state index contributed by atoms with van der Waals surface area (Å²) < 4.78 is 36.8. The minimum Gasteiger partial charge on any atom is -0.314 e. The SMILES string of the molecule is CCCN(CCCCC(C)(N)C#N)CC(F)(F)F. The molecule has 0 aliphatic carbocycles. The van der Waals surface area contributed by atoms with Crippen LogP contribution in [0.3, 0.4) is 0 Å². The number of hydrogen-bond acceptors (Lipinski definition) is 3. The molecular formula is C12H22F3N3. The summed E-state index contributed by atoms with van der Waals surface area (Å²) in [7, 11) is 0. The minimum absolute atomic E-state index is 0.398. The summed E-state index contributed by atoms with van der Waals surface area (Å²) in [5, 5.41) is 8.71. The topological polar surface area (TPSA) is 53.0 Å². The maximum atomic E-state index is 12.3. The van der Waals surface area contributed by atoms with Crippen molar-refractivity contribution in [2.45, 2.75) is 51.2 Å². The Morgan fingerprint density at radius 3 is 2.28 bits per heavy atom. The summed E-state index contributed by atoms with van der Waals surface area (Å²) in [6.45, 7) is 3.47. The lowest BCUT2D eigenvalue weighted by molar-refractivity contribution is -0.146. The van der Waals surface area contributed by atoms with E-state index in [0.29, 0.717) is 38.8 Å². The van der Waals surface area contributed by atoms with Crippen LogP contribution in [0.5, 0.6) is 0 Å². The van der Waals surface area contributed by atoms with Gasteiger partial charge in [-0.1, -0.05) is 6.92 Å². The third-order valence-corrected chi connectivity index (χ3v) is 2.62. The fourth-order valence-electron chi connectivity index (χ4n) is 1.72. The highest BCUT2D eigenvalue weighted by atomic mass is 19.4. The Morgan fingerprint density at radius 1 is 1.22 bits per heavy atom. The van der Waals surface area contributed by atoms with Crippen LogP contribution in [0.2, 0.25) is 0 Å². The van der Waals surface area contributed by atoms with Crippen molar-refractivity contribution >= 4 is 0 Å². The van der Waals surface area contributed by atoms with E-state index in [1.54, 1.807) is 6.92 Å². The van der Waals surface area contributed by atoms with Crippen molar-refractivity contribution in [2.75, 3.05) is 19.6 Å². The molecular weight excluding hydrogens is 243 g/mol. The molecule has 0 saturated heterocycles. The molecule has 0 spiro atoms. The third-order valence-electron chi connectivity index (χ3n) is 2.62. The highest BCUT2D eigenvalue weighted by molar-refractivity contribution is 5.00. The molecule has 0 fully saturated rings. The first-order chi connectivity index (χ1) is 8.20. The van der Waals surface area contributed by atoms with E-state index in [9.17, 15) is 13.2 Å². The first-order valence-electron chi connectivity index (χ1n) is 6.19. The lowest BCUT2D eigenvalue weighted by Gasteiger charge is -2.23. The standard InChI is InChI=1S/C12H22F3N3/c1-3-7-18(10-12(13,14)15)8-5-4-6-11(2,17)9-16/h3-8,10,17H2,1-2H3. The molecule has 6 heteroatoms. The minimum atomic E-state index is -4.15. The van der Waals surface area contributed by atoms with Gasteiger partial charge in [0.1, 0.15) is 5.54 Å². The molecule has 0 rings (SSSR count). The molecule has 0 heterocycles. The maximum absolute atomic E-state index is 12.3. The summed E-state index contributed by atoms with van der Waals surface area (Å²) in [5.74, 6) is 0. The molecule has 0 saturated carbocycles. The van der Waals surface area contributed by atoms with E-state index in [2.05, 4.69) is 0 Å². The molecule has 106 valence electrons. The van der Waals surface area contributed by atoms with Gasteiger partial charge in [0.25, 0.3) is 0 Å². The molecule has 0 aromatic heterocycles. The van der Waals surface area contributed by atoms with Crippen molar-refractivity contribution in [1.29, 1.82) is 5.26 Å².